The molecule has 0 amide bonds. The Morgan fingerprint density at radius 1 is 0.655 bits per heavy atom. The molecule has 0 spiro atoms. The Balaban J connectivity index is 0. The molecule has 0 aromatic rings. The van der Waals surface area contributed by atoms with Gasteiger partial charge in [0.05, 0.1) is 16.2 Å². The molecule has 0 aliphatic heterocycles. The first-order valence-corrected chi connectivity index (χ1v) is 13.5. The van der Waals surface area contributed by atoms with Crippen molar-refractivity contribution < 1.29 is 69.5 Å². The van der Waals surface area contributed by atoms with Gasteiger partial charge in [0.15, 0.2) is 0 Å². The zero-order valence-electron chi connectivity index (χ0n) is 19.7. The van der Waals surface area contributed by atoms with E-state index in [0.29, 0.717) is 19.3 Å². The Morgan fingerprint density at radius 2 is 1.00 bits per heavy atom. The van der Waals surface area contributed by atoms with Gasteiger partial charge >= 0.3 is 51.4 Å². The second-order valence-electron chi connectivity index (χ2n) is 8.63. The van der Waals surface area contributed by atoms with Crippen molar-refractivity contribution in [3.05, 3.63) is 0 Å². The maximum atomic E-state index is 10.8. The van der Waals surface area contributed by atoms with Crippen LogP contribution in [0.1, 0.15) is 136 Å². The van der Waals surface area contributed by atoms with Crippen molar-refractivity contribution in [3.8, 4) is 0 Å². The van der Waals surface area contributed by atoms with E-state index in [1.54, 1.807) is 0 Å². The van der Waals surface area contributed by atoms with Crippen LogP contribution in [0.5, 0.6) is 0 Å². The van der Waals surface area contributed by atoms with Crippen LogP contribution in [0, 0.1) is 0 Å². The van der Waals surface area contributed by atoms with E-state index in [9.17, 15) is 18.1 Å². The van der Waals surface area contributed by atoms with Crippen LogP contribution in [0.25, 0.3) is 0 Å². The Labute approximate surface area is 224 Å². The summed E-state index contributed by atoms with van der Waals surface area (Å²) in [6.45, 7) is 3.71. The molecule has 0 rings (SSSR count). The number of aliphatic hydroxyl groups is 1. The number of rotatable bonds is 21. The van der Waals surface area contributed by atoms with Crippen molar-refractivity contribution in [2.75, 3.05) is 0 Å². The molecule has 0 heterocycles. The molecule has 4 nitrogen and oxygen atoms in total. The van der Waals surface area contributed by atoms with Crippen LogP contribution < -0.4 is 51.4 Å². The van der Waals surface area contributed by atoms with Gasteiger partial charge in [-0.1, -0.05) is 103 Å². The van der Waals surface area contributed by atoms with E-state index in [1.165, 1.54) is 96.8 Å². The number of unbranched alkanes of at least 4 members (excludes halogenated alkanes) is 14. The van der Waals surface area contributed by atoms with Gasteiger partial charge in [0.2, 0.25) is 0 Å². The molecule has 2 unspecified atom stereocenters. The topological polar surface area (TPSA) is 77.4 Å². The predicted octanol–water partition coefficient (Wildman–Crippen LogP) is 3.72. The molecule has 0 fully saturated rings. The Morgan fingerprint density at radius 3 is 1.38 bits per heavy atom. The Bertz CT molecular complexity index is 429. The van der Waals surface area contributed by atoms with Gasteiger partial charge < -0.3 is 9.66 Å². The molecular weight excluding hydrogens is 411 g/mol. The third-order valence-corrected chi connectivity index (χ3v) is 7.00. The SMILES string of the molecule is CCCCCCCCCCCCCCCCCC(O)CCCC(C)S(=O)(=O)[O-].[K+]. The van der Waals surface area contributed by atoms with Gasteiger partial charge in [0.1, 0.15) is 0 Å². The normalized spacial score (nSPS) is 13.8. The minimum absolute atomic E-state index is 0. The third kappa shape index (κ3) is 24.0. The first-order chi connectivity index (χ1) is 13.4. The molecule has 0 aliphatic carbocycles. The van der Waals surface area contributed by atoms with E-state index in [-0.39, 0.29) is 57.5 Å². The molecule has 0 bridgehead atoms. The first-order valence-electron chi connectivity index (χ1n) is 12.0. The summed E-state index contributed by atoms with van der Waals surface area (Å²) in [5.74, 6) is 0. The minimum Gasteiger partial charge on any atom is -0.748 e. The van der Waals surface area contributed by atoms with Gasteiger partial charge in [-0.15, -0.1) is 0 Å². The van der Waals surface area contributed by atoms with E-state index in [0.717, 1.165) is 12.8 Å². The van der Waals surface area contributed by atoms with E-state index in [4.69, 9.17) is 0 Å². The molecule has 0 aromatic heterocycles. The number of hydrogen-bond acceptors (Lipinski definition) is 4. The zero-order chi connectivity index (χ0) is 21.1. The average molecular weight is 459 g/mol. The fraction of sp³-hybridized carbons (Fsp3) is 1.00. The van der Waals surface area contributed by atoms with Crippen LogP contribution in [-0.2, 0) is 10.1 Å². The van der Waals surface area contributed by atoms with Crippen LogP contribution in [0.15, 0.2) is 0 Å². The molecule has 0 aromatic carbocycles. The van der Waals surface area contributed by atoms with Crippen molar-refractivity contribution in [3.63, 3.8) is 0 Å². The Hall–Kier alpha value is 1.51. The maximum absolute atomic E-state index is 10.8. The quantitative estimate of drug-likeness (QED) is 0.162. The van der Waals surface area contributed by atoms with Gasteiger partial charge in [-0.3, -0.25) is 0 Å². The van der Waals surface area contributed by atoms with Gasteiger partial charge in [0, 0.05) is 5.25 Å². The molecule has 1 N–H and O–H groups in total. The van der Waals surface area contributed by atoms with E-state index in [1.807, 2.05) is 0 Å². The molecule has 6 heteroatoms. The molecule has 29 heavy (non-hydrogen) atoms. The van der Waals surface area contributed by atoms with Crippen molar-refractivity contribution in [1.29, 1.82) is 0 Å². The number of aliphatic hydroxyl groups excluding tert-OH is 1. The summed E-state index contributed by atoms with van der Waals surface area (Å²) in [6.07, 6.45) is 22.0. The van der Waals surface area contributed by atoms with E-state index in [2.05, 4.69) is 6.92 Å². The number of hydrogen-bond donors (Lipinski definition) is 1. The van der Waals surface area contributed by atoms with Gasteiger partial charge in [0.25, 0.3) is 0 Å². The molecule has 2 atom stereocenters. The molecule has 0 radical (unpaired) electrons. The van der Waals surface area contributed by atoms with Crippen LogP contribution in [0.3, 0.4) is 0 Å². The summed E-state index contributed by atoms with van der Waals surface area (Å²) in [5, 5.41) is 9.10. The summed E-state index contributed by atoms with van der Waals surface area (Å²) in [4.78, 5) is 0. The Kier molecular flexibility index (Phi) is 25.6. The molecule has 0 saturated heterocycles. The van der Waals surface area contributed by atoms with Crippen LogP contribution in [0.2, 0.25) is 0 Å². The molecular formula is C23H47KO4S. The van der Waals surface area contributed by atoms with Crippen molar-refractivity contribution in [2.45, 2.75) is 147 Å². The fourth-order valence-corrected chi connectivity index (χ4v) is 4.14. The molecule has 0 saturated carbocycles. The second-order valence-corrected chi connectivity index (χ2v) is 10.4. The average Bonchev–Trinajstić information content (AvgIpc) is 2.64. The summed E-state index contributed by atoms with van der Waals surface area (Å²) >= 11 is 0. The van der Waals surface area contributed by atoms with Crippen LogP contribution >= 0.6 is 0 Å². The predicted molar refractivity (Wildman–Crippen MR) is 119 cm³/mol. The van der Waals surface area contributed by atoms with Crippen molar-refractivity contribution in [1.82, 2.24) is 0 Å². The monoisotopic (exact) mass is 458 g/mol. The van der Waals surface area contributed by atoms with Gasteiger partial charge in [-0.2, -0.15) is 0 Å². The van der Waals surface area contributed by atoms with E-state index >= 15 is 0 Å². The fourth-order valence-electron chi connectivity index (χ4n) is 3.68. The van der Waals surface area contributed by atoms with Crippen molar-refractivity contribution >= 4 is 10.1 Å². The van der Waals surface area contributed by atoms with Gasteiger partial charge in [-0.05, 0) is 32.6 Å². The van der Waals surface area contributed by atoms with Gasteiger partial charge in [-0.25, -0.2) is 8.42 Å². The molecule has 0 aliphatic rings. The smallest absolute Gasteiger partial charge is 0.748 e. The summed E-state index contributed by atoms with van der Waals surface area (Å²) in [7, 11) is -4.18. The largest absolute Gasteiger partial charge is 1.00 e. The zero-order valence-corrected chi connectivity index (χ0v) is 23.6. The standard InChI is InChI=1S/C23H48O4S.K/c1-3-4-5-6-7-8-9-10-11-12-13-14-15-16-17-20-23(24)21-18-19-22(2)28(25,26)27;/h22-24H,3-21H2,1-2H3,(H,25,26,27);/q;+1/p-1. The third-order valence-electron chi connectivity index (χ3n) is 5.78. The summed E-state index contributed by atoms with van der Waals surface area (Å²) in [6, 6.07) is 0. The van der Waals surface area contributed by atoms with Crippen molar-refractivity contribution in [2.24, 2.45) is 0 Å². The first kappa shape index (κ1) is 32.7. The minimum atomic E-state index is -4.18. The van der Waals surface area contributed by atoms with E-state index < -0.39 is 15.4 Å². The molecule has 170 valence electrons. The summed E-state index contributed by atoms with van der Waals surface area (Å²) in [5.41, 5.74) is 0. The van der Waals surface area contributed by atoms with Crippen LogP contribution in [0.4, 0.5) is 0 Å². The van der Waals surface area contributed by atoms with Crippen LogP contribution in [-0.4, -0.2) is 29.4 Å². The maximum Gasteiger partial charge on any atom is 1.00 e. The second kappa shape index (κ2) is 22.7. The summed E-state index contributed by atoms with van der Waals surface area (Å²) < 4.78 is 32.5.